The fraction of sp³-hybridized carbons (Fsp3) is 0.714. The van der Waals surface area contributed by atoms with E-state index in [0.29, 0.717) is 17.9 Å². The van der Waals surface area contributed by atoms with Gasteiger partial charge in [-0.2, -0.15) is 0 Å². The molecule has 3 rings (SSSR count). The van der Waals surface area contributed by atoms with Crippen LogP contribution in [0.15, 0.2) is 11.3 Å². The molecule has 6 nitrogen and oxygen atoms in total. The fourth-order valence-corrected chi connectivity index (χ4v) is 2.86. The summed E-state index contributed by atoms with van der Waals surface area (Å²) < 4.78 is 21.3. The van der Waals surface area contributed by atoms with E-state index in [0.717, 1.165) is 6.42 Å². The van der Waals surface area contributed by atoms with Crippen LogP contribution in [0.4, 0.5) is 0 Å². The number of fused-ring (bicyclic) bond motifs is 1. The maximum atomic E-state index is 12.4. The lowest BCUT2D eigenvalue weighted by atomic mass is 9.89. The van der Waals surface area contributed by atoms with Gasteiger partial charge in [0.05, 0.1) is 18.1 Å². The van der Waals surface area contributed by atoms with Gasteiger partial charge in [0.1, 0.15) is 12.4 Å². The number of allylic oxidation sites excluding steroid dienone is 1. The molecule has 0 aromatic rings. The third-order valence-electron chi connectivity index (χ3n) is 4.04. The Morgan fingerprint density at radius 2 is 2.15 bits per heavy atom. The number of cyclic esters (lactones) is 1. The highest BCUT2D eigenvalue weighted by molar-refractivity contribution is 5.92. The highest BCUT2D eigenvalue weighted by atomic mass is 16.7. The zero-order chi connectivity index (χ0) is 14.5. The smallest absolute Gasteiger partial charge is 0.348 e. The summed E-state index contributed by atoms with van der Waals surface area (Å²) in [5, 5.41) is 0. The van der Waals surface area contributed by atoms with Crippen LogP contribution in [0.2, 0.25) is 0 Å². The monoisotopic (exact) mass is 282 g/mol. The van der Waals surface area contributed by atoms with Gasteiger partial charge in [-0.05, 0) is 13.3 Å². The molecule has 0 aromatic heterocycles. The summed E-state index contributed by atoms with van der Waals surface area (Å²) in [6.07, 6.45) is -0.525. The average molecular weight is 282 g/mol. The van der Waals surface area contributed by atoms with Crippen LogP contribution in [0.3, 0.4) is 0 Å². The molecule has 0 amide bonds. The van der Waals surface area contributed by atoms with Crippen molar-refractivity contribution in [3.8, 4) is 0 Å². The highest BCUT2D eigenvalue weighted by Gasteiger charge is 2.49. The average Bonchev–Trinajstić information content (AvgIpc) is 2.98. The van der Waals surface area contributed by atoms with Crippen LogP contribution in [0.5, 0.6) is 0 Å². The minimum Gasteiger partial charge on any atom is -0.468 e. The summed E-state index contributed by atoms with van der Waals surface area (Å²) in [5.74, 6) is -0.561. The molecule has 0 N–H and O–H groups in total. The first-order chi connectivity index (χ1) is 9.40. The molecule has 3 aliphatic heterocycles. The van der Waals surface area contributed by atoms with E-state index in [9.17, 15) is 9.59 Å². The van der Waals surface area contributed by atoms with E-state index in [1.807, 2.05) is 13.8 Å². The van der Waals surface area contributed by atoms with Crippen molar-refractivity contribution in [2.45, 2.75) is 39.6 Å². The van der Waals surface area contributed by atoms with Gasteiger partial charge in [0.15, 0.2) is 0 Å². The number of hydrogen-bond acceptors (Lipinski definition) is 6. The van der Waals surface area contributed by atoms with Gasteiger partial charge >= 0.3 is 11.9 Å². The van der Waals surface area contributed by atoms with Crippen molar-refractivity contribution in [1.29, 1.82) is 0 Å². The molecule has 0 aliphatic carbocycles. The molecule has 3 aliphatic rings. The van der Waals surface area contributed by atoms with Gasteiger partial charge in [-0.1, -0.05) is 13.8 Å². The number of esters is 2. The van der Waals surface area contributed by atoms with Gasteiger partial charge in [0.25, 0.3) is 0 Å². The molecule has 0 aromatic carbocycles. The summed E-state index contributed by atoms with van der Waals surface area (Å²) >= 11 is 0. The standard InChI is InChI=1S/C14H18O6/c1-7-9(8-4-5-17-13(8)19-7)11(15)20-10-12(16)18-6-14(10,2)3/h8,10,13H,4-6H2,1-3H3/t8-,10-,13+/m0/s1. The van der Waals surface area contributed by atoms with E-state index in [1.165, 1.54) is 0 Å². The van der Waals surface area contributed by atoms with Crippen LogP contribution in [0.25, 0.3) is 0 Å². The Balaban J connectivity index is 1.77. The Hall–Kier alpha value is -1.56. The number of carbonyl (C=O) groups excluding carboxylic acids is 2. The Kier molecular flexibility index (Phi) is 3.01. The largest absolute Gasteiger partial charge is 0.468 e. The van der Waals surface area contributed by atoms with Crippen molar-refractivity contribution < 1.29 is 28.5 Å². The van der Waals surface area contributed by atoms with Crippen molar-refractivity contribution in [2.24, 2.45) is 11.3 Å². The van der Waals surface area contributed by atoms with Crippen molar-refractivity contribution in [3.63, 3.8) is 0 Å². The Morgan fingerprint density at radius 3 is 2.80 bits per heavy atom. The molecule has 0 spiro atoms. The van der Waals surface area contributed by atoms with Crippen LogP contribution >= 0.6 is 0 Å². The maximum absolute atomic E-state index is 12.4. The van der Waals surface area contributed by atoms with Gasteiger partial charge in [-0.3, -0.25) is 0 Å². The van der Waals surface area contributed by atoms with Crippen molar-refractivity contribution in [2.75, 3.05) is 13.2 Å². The molecule has 20 heavy (non-hydrogen) atoms. The molecule has 0 bridgehead atoms. The first-order valence-electron chi connectivity index (χ1n) is 6.77. The molecule has 0 saturated carbocycles. The summed E-state index contributed by atoms with van der Waals surface area (Å²) in [6.45, 7) is 6.22. The van der Waals surface area contributed by atoms with Crippen LogP contribution in [-0.2, 0) is 28.5 Å². The van der Waals surface area contributed by atoms with E-state index in [1.54, 1.807) is 6.92 Å². The van der Waals surface area contributed by atoms with E-state index in [4.69, 9.17) is 18.9 Å². The predicted molar refractivity (Wildman–Crippen MR) is 66.3 cm³/mol. The lowest BCUT2D eigenvalue weighted by Gasteiger charge is -2.22. The Bertz CT molecular complexity index is 492. The minimum atomic E-state index is -0.864. The van der Waals surface area contributed by atoms with E-state index >= 15 is 0 Å². The second-order valence-corrected chi connectivity index (χ2v) is 6.10. The SMILES string of the molecule is CC1=C(C(=O)O[C@H]2C(=O)OCC2(C)C)[C@@H]2CCO[C@@H]2O1. The van der Waals surface area contributed by atoms with Crippen LogP contribution in [0, 0.1) is 11.3 Å². The molecule has 3 atom stereocenters. The lowest BCUT2D eigenvalue weighted by molar-refractivity contribution is -0.160. The maximum Gasteiger partial charge on any atom is 0.348 e. The summed E-state index contributed by atoms with van der Waals surface area (Å²) in [6, 6.07) is 0. The van der Waals surface area contributed by atoms with Crippen molar-refractivity contribution >= 4 is 11.9 Å². The van der Waals surface area contributed by atoms with Gasteiger partial charge in [-0.15, -0.1) is 0 Å². The molecule has 6 heteroatoms. The van der Waals surface area contributed by atoms with Gasteiger partial charge in [-0.25, -0.2) is 9.59 Å². The van der Waals surface area contributed by atoms with Crippen molar-refractivity contribution in [3.05, 3.63) is 11.3 Å². The van der Waals surface area contributed by atoms with E-state index in [2.05, 4.69) is 0 Å². The van der Waals surface area contributed by atoms with Gasteiger partial charge in [0, 0.05) is 5.41 Å². The van der Waals surface area contributed by atoms with Crippen LogP contribution in [-0.4, -0.2) is 37.5 Å². The number of ether oxygens (including phenoxy) is 4. The summed E-state index contributed by atoms with van der Waals surface area (Å²) in [4.78, 5) is 24.0. The fourth-order valence-electron chi connectivity index (χ4n) is 2.86. The third kappa shape index (κ3) is 1.98. The number of hydrogen-bond donors (Lipinski definition) is 0. The molecule has 2 saturated heterocycles. The topological polar surface area (TPSA) is 71.1 Å². The molecule has 110 valence electrons. The molecule has 2 fully saturated rings. The second-order valence-electron chi connectivity index (χ2n) is 6.10. The molecule has 3 heterocycles. The predicted octanol–water partition coefficient (Wildman–Crippen LogP) is 1.15. The highest BCUT2D eigenvalue weighted by Crippen LogP contribution is 2.40. The Morgan fingerprint density at radius 1 is 1.40 bits per heavy atom. The third-order valence-corrected chi connectivity index (χ3v) is 4.04. The van der Waals surface area contributed by atoms with E-state index in [-0.39, 0.29) is 18.8 Å². The van der Waals surface area contributed by atoms with Crippen molar-refractivity contribution in [1.82, 2.24) is 0 Å². The van der Waals surface area contributed by atoms with Crippen LogP contribution in [0.1, 0.15) is 27.2 Å². The summed E-state index contributed by atoms with van der Waals surface area (Å²) in [7, 11) is 0. The second kappa shape index (κ2) is 4.48. The van der Waals surface area contributed by atoms with E-state index < -0.39 is 23.5 Å². The molecular weight excluding hydrogens is 264 g/mol. The number of rotatable bonds is 2. The lowest BCUT2D eigenvalue weighted by Crippen LogP contribution is -2.36. The normalized spacial score (nSPS) is 34.8. The zero-order valence-electron chi connectivity index (χ0n) is 11.8. The van der Waals surface area contributed by atoms with Crippen LogP contribution < -0.4 is 0 Å². The first kappa shape index (κ1) is 13.4. The zero-order valence-corrected chi connectivity index (χ0v) is 11.8. The number of carbonyl (C=O) groups is 2. The quantitative estimate of drug-likeness (QED) is 0.707. The molecule has 0 unspecified atom stereocenters. The minimum absolute atomic E-state index is 0.0944. The Labute approximate surface area is 117 Å². The molecule has 0 radical (unpaired) electrons. The first-order valence-corrected chi connectivity index (χ1v) is 6.77. The van der Waals surface area contributed by atoms with Gasteiger partial charge < -0.3 is 18.9 Å². The summed E-state index contributed by atoms with van der Waals surface area (Å²) in [5.41, 5.74) is -0.0188. The van der Waals surface area contributed by atoms with Gasteiger partial charge in [0.2, 0.25) is 12.4 Å². The molecular formula is C14H18O6.